The number of fused-ring (bicyclic) bond motifs is 7. The molecule has 4 aliphatic carbocycles. The number of hydrogen-bond donors (Lipinski definition) is 1. The van der Waals surface area contributed by atoms with Gasteiger partial charge in [-0.1, -0.05) is 39.3 Å². The van der Waals surface area contributed by atoms with E-state index >= 15 is 0 Å². The minimum absolute atomic E-state index is 0.0534. The molecule has 0 aromatic carbocycles. The molecule has 12 nitrogen and oxygen atoms in total. The van der Waals surface area contributed by atoms with Crippen molar-refractivity contribution in [1.82, 2.24) is 5.32 Å². The molecule has 16 atom stereocenters. The van der Waals surface area contributed by atoms with E-state index in [1.807, 2.05) is 0 Å². The third kappa shape index (κ3) is 6.97. The van der Waals surface area contributed by atoms with E-state index in [4.69, 9.17) is 33.2 Å². The van der Waals surface area contributed by atoms with Crippen molar-refractivity contribution < 1.29 is 52.3 Å². The molecule has 3 heterocycles. The average molecular weight is 744 g/mol. The van der Waals surface area contributed by atoms with Gasteiger partial charge < -0.3 is 33.2 Å². The van der Waals surface area contributed by atoms with Crippen molar-refractivity contribution in [3.63, 3.8) is 0 Å². The van der Waals surface area contributed by atoms with Crippen LogP contribution in [0.5, 0.6) is 0 Å². The predicted octanol–water partition coefficient (Wildman–Crippen LogP) is 5.39. The van der Waals surface area contributed by atoms with Crippen LogP contribution in [0.3, 0.4) is 0 Å². The third-order valence-corrected chi connectivity index (χ3v) is 14.8. The second kappa shape index (κ2) is 14.5. The number of ether oxygens (including phenoxy) is 7. The summed E-state index contributed by atoms with van der Waals surface area (Å²) in [5.41, 5.74) is 1.58. The van der Waals surface area contributed by atoms with Crippen molar-refractivity contribution in [2.45, 2.75) is 162 Å². The van der Waals surface area contributed by atoms with Crippen LogP contribution in [0.15, 0.2) is 11.6 Å². The lowest BCUT2D eigenvalue weighted by Gasteiger charge is -2.59. The molecule has 3 saturated heterocycles. The zero-order valence-corrected chi connectivity index (χ0v) is 32.9. The van der Waals surface area contributed by atoms with Crippen molar-refractivity contribution in [1.29, 1.82) is 0 Å². The molecule has 296 valence electrons. The molecule has 12 heteroatoms. The Kier molecular flexibility index (Phi) is 10.6. The number of nitrogens with one attached hydrogen (secondary N) is 1. The van der Waals surface area contributed by atoms with Crippen LogP contribution in [-0.4, -0.2) is 85.7 Å². The minimum Gasteiger partial charge on any atom is -0.463 e. The van der Waals surface area contributed by atoms with E-state index in [1.165, 1.54) is 52.5 Å². The highest BCUT2D eigenvalue weighted by Crippen LogP contribution is 2.70. The van der Waals surface area contributed by atoms with Gasteiger partial charge in [0.25, 0.3) is 0 Å². The molecule has 0 bridgehead atoms. The van der Waals surface area contributed by atoms with Gasteiger partial charge in [0, 0.05) is 40.2 Å². The van der Waals surface area contributed by atoms with Gasteiger partial charge in [-0.3, -0.25) is 24.5 Å². The Morgan fingerprint density at radius 2 is 1.55 bits per heavy atom. The lowest BCUT2D eigenvalue weighted by Crippen LogP contribution is -2.63. The van der Waals surface area contributed by atoms with E-state index in [1.54, 1.807) is 0 Å². The van der Waals surface area contributed by atoms with Crippen molar-refractivity contribution >= 4 is 23.9 Å². The second-order valence-corrected chi connectivity index (χ2v) is 18.0. The Bertz CT molecular complexity index is 1470. The van der Waals surface area contributed by atoms with Crippen LogP contribution in [0.4, 0.5) is 0 Å². The van der Waals surface area contributed by atoms with Crippen LogP contribution in [0.2, 0.25) is 0 Å². The van der Waals surface area contributed by atoms with Crippen molar-refractivity contribution in [3.8, 4) is 0 Å². The molecule has 1 N–H and O–H groups in total. The number of piperidine rings is 1. The summed E-state index contributed by atoms with van der Waals surface area (Å²) < 4.78 is 42.1. The van der Waals surface area contributed by atoms with Crippen molar-refractivity contribution in [3.05, 3.63) is 11.6 Å². The molecule has 3 saturated carbocycles. The summed E-state index contributed by atoms with van der Waals surface area (Å²) >= 11 is 0. The fraction of sp³-hybridized carbons (Fsp3) is 0.854. The van der Waals surface area contributed by atoms with E-state index in [0.29, 0.717) is 48.0 Å². The zero-order valence-electron chi connectivity index (χ0n) is 32.9. The molecule has 0 amide bonds. The quantitative estimate of drug-likeness (QED) is 0.203. The van der Waals surface area contributed by atoms with E-state index < -0.39 is 54.6 Å². The zero-order chi connectivity index (χ0) is 38.0. The topological polar surface area (TPSA) is 145 Å². The molecule has 0 aromatic heterocycles. The first-order valence-electron chi connectivity index (χ1n) is 20.1. The number of carbonyl (C=O) groups excluding carboxylic acids is 4. The van der Waals surface area contributed by atoms with Crippen molar-refractivity contribution in [2.24, 2.45) is 46.3 Å². The highest BCUT2D eigenvalue weighted by atomic mass is 16.7. The van der Waals surface area contributed by atoms with Crippen LogP contribution in [0.1, 0.15) is 113 Å². The summed E-state index contributed by atoms with van der Waals surface area (Å²) in [5.74, 6) is 1.11. The molecule has 7 aliphatic rings. The van der Waals surface area contributed by atoms with Crippen LogP contribution in [0, 0.1) is 46.3 Å². The third-order valence-electron chi connectivity index (χ3n) is 14.8. The molecule has 53 heavy (non-hydrogen) atoms. The largest absolute Gasteiger partial charge is 0.463 e. The number of hydrogen-bond acceptors (Lipinski definition) is 12. The normalized spacial score (nSPS) is 47.2. The van der Waals surface area contributed by atoms with Crippen LogP contribution in [0.25, 0.3) is 0 Å². The van der Waals surface area contributed by atoms with E-state index in [9.17, 15) is 19.2 Å². The van der Waals surface area contributed by atoms with Gasteiger partial charge in [0.2, 0.25) is 0 Å². The summed E-state index contributed by atoms with van der Waals surface area (Å²) in [6, 6.07) is 0. The van der Waals surface area contributed by atoms with Gasteiger partial charge >= 0.3 is 23.9 Å². The molecule has 0 radical (unpaired) electrons. The monoisotopic (exact) mass is 743 g/mol. The number of rotatable bonds is 7. The maximum atomic E-state index is 12.4. The molecular weight excluding hydrogens is 682 g/mol. The van der Waals surface area contributed by atoms with Gasteiger partial charge in [-0.15, -0.1) is 0 Å². The Morgan fingerprint density at radius 3 is 2.21 bits per heavy atom. The van der Waals surface area contributed by atoms with Crippen LogP contribution >= 0.6 is 0 Å². The van der Waals surface area contributed by atoms with E-state index in [2.05, 4.69) is 39.1 Å². The van der Waals surface area contributed by atoms with Gasteiger partial charge in [-0.2, -0.15) is 0 Å². The maximum absolute atomic E-state index is 12.4. The molecule has 6 fully saturated rings. The Labute approximate surface area is 314 Å². The van der Waals surface area contributed by atoms with E-state index in [0.717, 1.165) is 38.6 Å². The second-order valence-electron chi connectivity index (χ2n) is 18.0. The Hall–Kier alpha value is -2.54. The van der Waals surface area contributed by atoms with Crippen molar-refractivity contribution in [2.75, 3.05) is 13.2 Å². The smallest absolute Gasteiger partial charge is 0.303 e. The number of allylic oxidation sites excluding steroid dienone is 1. The van der Waals surface area contributed by atoms with Gasteiger partial charge in [0.05, 0.1) is 12.2 Å². The SMILES string of the molecule is CC(=O)OC[C@H]1O[C@@H](O[C@H]2CC[C@@]3(C)C(=CC[C@H]4[C@@H]5C[C@@H]6O[C@]7(CC[C@@H](C)CN7)[C@@H](C)[C@@H]6[C@@]5(C)CC[C@@H]43)C2)[C@H](OC(C)=O)[C@@H](OC(C)=O)[C@@H]1OC(C)=O. The first-order valence-corrected chi connectivity index (χ1v) is 20.1. The average Bonchev–Trinajstić information content (AvgIpc) is 3.53. The standard InChI is InChI=1S/C41H61NO11/c1-21-11-16-41(42-19-21)22(2)34-32(53-41)18-31-29-10-9-27-17-28(12-14-39(27,7)30(29)13-15-40(31,34)8)51-38-37(50-26(6)46)36(49-25(5)45)35(48-24(4)44)33(52-38)20-47-23(3)43/h9,21-22,28-38,42H,10-20H2,1-8H3/t21-,22+,28+,29-,30+,31+,32+,33-,34+,35-,36+,37-,38-,39+,40+,41-/m1/s1. The van der Waals surface area contributed by atoms with Gasteiger partial charge in [0.15, 0.2) is 24.6 Å². The summed E-state index contributed by atoms with van der Waals surface area (Å²) in [6.07, 6.45) is 6.08. The highest BCUT2D eigenvalue weighted by molar-refractivity contribution is 5.68. The Balaban J connectivity index is 1.08. The number of carbonyl (C=O) groups is 4. The number of esters is 4. The maximum Gasteiger partial charge on any atom is 0.303 e. The highest BCUT2D eigenvalue weighted by Gasteiger charge is 2.68. The molecule has 1 spiro atoms. The fourth-order valence-corrected chi connectivity index (χ4v) is 12.4. The molecule has 0 aromatic rings. The van der Waals surface area contributed by atoms with E-state index in [-0.39, 0.29) is 29.3 Å². The summed E-state index contributed by atoms with van der Waals surface area (Å²) in [6.45, 7) is 15.5. The fourth-order valence-electron chi connectivity index (χ4n) is 12.4. The van der Waals surface area contributed by atoms with Gasteiger partial charge in [0.1, 0.15) is 18.4 Å². The minimum atomic E-state index is -1.25. The molecular formula is C41H61NO11. The lowest BCUT2D eigenvalue weighted by atomic mass is 9.47. The Morgan fingerprint density at radius 1 is 0.849 bits per heavy atom. The van der Waals surface area contributed by atoms with Crippen LogP contribution in [-0.2, 0) is 52.3 Å². The first-order chi connectivity index (χ1) is 25.0. The first kappa shape index (κ1) is 38.7. The molecule has 7 rings (SSSR count). The lowest BCUT2D eigenvalue weighted by molar-refractivity contribution is -0.318. The summed E-state index contributed by atoms with van der Waals surface area (Å²) in [7, 11) is 0. The van der Waals surface area contributed by atoms with Gasteiger partial charge in [-0.25, -0.2) is 0 Å². The summed E-state index contributed by atoms with van der Waals surface area (Å²) in [5, 5.41) is 3.87. The van der Waals surface area contributed by atoms with Crippen LogP contribution < -0.4 is 5.32 Å². The molecule has 0 unspecified atom stereocenters. The predicted molar refractivity (Wildman–Crippen MR) is 191 cm³/mol. The van der Waals surface area contributed by atoms with Gasteiger partial charge in [-0.05, 0) is 98.2 Å². The summed E-state index contributed by atoms with van der Waals surface area (Å²) in [4.78, 5) is 48.6. The molecule has 3 aliphatic heterocycles.